The lowest BCUT2D eigenvalue weighted by Gasteiger charge is -1.97. The van der Waals surface area contributed by atoms with Crippen molar-refractivity contribution in [1.82, 2.24) is 15.2 Å². The Hall–Kier alpha value is -2.29. The van der Waals surface area contributed by atoms with Gasteiger partial charge in [0.25, 0.3) is 0 Å². The molecule has 1 N–H and O–H groups in total. The first-order chi connectivity index (χ1) is 10.6. The number of hydrogen-bond donors (Lipinski definition) is 1. The van der Waals surface area contributed by atoms with E-state index in [9.17, 15) is 9.59 Å². The lowest BCUT2D eigenvalue weighted by molar-refractivity contribution is -0.142. The lowest BCUT2D eigenvalue weighted by Crippen LogP contribution is -2.07. The van der Waals surface area contributed by atoms with E-state index in [-0.39, 0.29) is 18.2 Å². The van der Waals surface area contributed by atoms with Gasteiger partial charge >= 0.3 is 5.97 Å². The van der Waals surface area contributed by atoms with E-state index in [0.717, 1.165) is 5.69 Å². The predicted molar refractivity (Wildman–Crippen MR) is 78.5 cm³/mol. The molecule has 0 spiro atoms. The molecule has 0 atom stereocenters. The molecule has 0 saturated heterocycles. The van der Waals surface area contributed by atoms with Crippen molar-refractivity contribution in [3.63, 3.8) is 0 Å². The third kappa shape index (κ3) is 4.92. The van der Waals surface area contributed by atoms with Crippen LogP contribution < -0.4 is 5.32 Å². The minimum absolute atomic E-state index is 0.0236. The Balaban J connectivity index is 1.84. The van der Waals surface area contributed by atoms with E-state index in [2.05, 4.69) is 20.5 Å². The Morgan fingerprint density at radius 1 is 1.32 bits per heavy atom. The molecule has 1 amide bonds. The van der Waals surface area contributed by atoms with Crippen LogP contribution in [0.25, 0.3) is 0 Å². The molecule has 0 radical (unpaired) electrons. The first kappa shape index (κ1) is 16.1. The van der Waals surface area contributed by atoms with Gasteiger partial charge in [-0.1, -0.05) is 0 Å². The van der Waals surface area contributed by atoms with Crippen molar-refractivity contribution >= 4 is 28.3 Å². The van der Waals surface area contributed by atoms with E-state index in [1.807, 2.05) is 5.38 Å². The second kappa shape index (κ2) is 7.64. The van der Waals surface area contributed by atoms with Gasteiger partial charge in [0.1, 0.15) is 6.42 Å². The molecule has 8 nitrogen and oxygen atoms in total. The van der Waals surface area contributed by atoms with Gasteiger partial charge in [-0.3, -0.25) is 9.59 Å². The van der Waals surface area contributed by atoms with Crippen LogP contribution in [0.3, 0.4) is 0 Å². The summed E-state index contributed by atoms with van der Waals surface area (Å²) in [5.41, 5.74) is 0.832. The summed E-state index contributed by atoms with van der Waals surface area (Å²) in [5.74, 6) is 0.137. The van der Waals surface area contributed by atoms with Gasteiger partial charge in [-0.25, -0.2) is 4.98 Å². The zero-order chi connectivity index (χ0) is 15.9. The monoisotopic (exact) mass is 324 g/mol. The Morgan fingerprint density at radius 3 is 2.82 bits per heavy atom. The van der Waals surface area contributed by atoms with Crippen LogP contribution in [0, 0.1) is 0 Å². The van der Waals surface area contributed by atoms with Crippen molar-refractivity contribution < 1.29 is 18.7 Å². The molecule has 9 heteroatoms. The number of ether oxygens (including phenoxy) is 1. The predicted octanol–water partition coefficient (Wildman–Crippen LogP) is 1.38. The summed E-state index contributed by atoms with van der Waals surface area (Å²) < 4.78 is 10.2. The molecular weight excluding hydrogens is 308 g/mol. The second-order valence-corrected chi connectivity index (χ2v) is 5.25. The van der Waals surface area contributed by atoms with Crippen molar-refractivity contribution in [2.45, 2.75) is 33.1 Å². The highest BCUT2D eigenvalue weighted by Crippen LogP contribution is 2.16. The van der Waals surface area contributed by atoms with Gasteiger partial charge < -0.3 is 14.5 Å². The van der Waals surface area contributed by atoms with Crippen LogP contribution in [-0.2, 0) is 33.6 Å². The summed E-state index contributed by atoms with van der Waals surface area (Å²) >= 11 is 1.36. The molecule has 0 bridgehead atoms. The highest BCUT2D eigenvalue weighted by molar-refractivity contribution is 7.13. The summed E-state index contributed by atoms with van der Waals surface area (Å²) in [6.07, 6.45) is 1.10. The molecule has 0 fully saturated rings. The maximum Gasteiger partial charge on any atom is 0.315 e. The van der Waals surface area contributed by atoms with Gasteiger partial charge in [-0.2, -0.15) is 0 Å². The molecule has 0 unspecified atom stereocenters. The van der Waals surface area contributed by atoms with E-state index in [4.69, 9.17) is 9.15 Å². The smallest absolute Gasteiger partial charge is 0.315 e. The first-order valence-electron chi connectivity index (χ1n) is 6.75. The van der Waals surface area contributed by atoms with E-state index in [0.29, 0.717) is 30.5 Å². The number of rotatable bonds is 7. The minimum atomic E-state index is -0.392. The molecule has 118 valence electrons. The molecule has 0 aromatic carbocycles. The molecule has 0 aliphatic rings. The molecule has 0 aliphatic heterocycles. The zero-order valence-corrected chi connectivity index (χ0v) is 13.1. The van der Waals surface area contributed by atoms with E-state index in [1.165, 1.54) is 18.3 Å². The van der Waals surface area contributed by atoms with Gasteiger partial charge in [-0.15, -0.1) is 21.5 Å². The molecule has 22 heavy (non-hydrogen) atoms. The number of thiazole rings is 1. The fourth-order valence-electron chi connectivity index (χ4n) is 1.66. The number of esters is 1. The van der Waals surface area contributed by atoms with E-state index < -0.39 is 5.97 Å². The van der Waals surface area contributed by atoms with E-state index >= 15 is 0 Å². The van der Waals surface area contributed by atoms with Gasteiger partial charge in [0.2, 0.25) is 17.7 Å². The van der Waals surface area contributed by atoms with Gasteiger partial charge in [0.15, 0.2) is 5.13 Å². The summed E-state index contributed by atoms with van der Waals surface area (Å²) in [4.78, 5) is 26.5. The SMILES string of the molecule is CCOC(=O)Cc1nnc(CCc2csc(NC(C)=O)n2)o1. The Morgan fingerprint density at radius 2 is 2.09 bits per heavy atom. The highest BCUT2D eigenvalue weighted by atomic mass is 32.1. The first-order valence-corrected chi connectivity index (χ1v) is 7.63. The van der Waals surface area contributed by atoms with Crippen molar-refractivity contribution in [2.75, 3.05) is 11.9 Å². The second-order valence-electron chi connectivity index (χ2n) is 4.40. The number of aromatic nitrogens is 3. The van der Waals surface area contributed by atoms with Crippen molar-refractivity contribution in [1.29, 1.82) is 0 Å². The topological polar surface area (TPSA) is 107 Å². The number of nitrogens with zero attached hydrogens (tertiary/aromatic N) is 3. The minimum Gasteiger partial charge on any atom is -0.466 e. The summed E-state index contributed by atoms with van der Waals surface area (Å²) in [6, 6.07) is 0. The lowest BCUT2D eigenvalue weighted by atomic mass is 10.2. The molecular formula is C13H16N4O4S. The maximum absolute atomic E-state index is 11.3. The Labute approximate surface area is 130 Å². The van der Waals surface area contributed by atoms with Crippen molar-refractivity contribution in [3.8, 4) is 0 Å². The fourth-order valence-corrected chi connectivity index (χ4v) is 2.45. The van der Waals surface area contributed by atoms with Gasteiger partial charge in [0, 0.05) is 18.7 Å². The number of carbonyl (C=O) groups is 2. The number of carbonyl (C=O) groups excluding carboxylic acids is 2. The molecule has 0 aliphatic carbocycles. The fraction of sp³-hybridized carbons (Fsp3) is 0.462. The van der Waals surface area contributed by atoms with Crippen LogP contribution in [0.1, 0.15) is 31.3 Å². The van der Waals surface area contributed by atoms with Crippen LogP contribution >= 0.6 is 11.3 Å². The molecule has 2 aromatic rings. The Kier molecular flexibility index (Phi) is 5.59. The van der Waals surface area contributed by atoms with Crippen LogP contribution in [0.2, 0.25) is 0 Å². The number of nitrogens with one attached hydrogen (secondary N) is 1. The number of aryl methyl sites for hydroxylation is 2. The van der Waals surface area contributed by atoms with Crippen LogP contribution in [0.4, 0.5) is 5.13 Å². The largest absolute Gasteiger partial charge is 0.466 e. The van der Waals surface area contributed by atoms with Gasteiger partial charge in [0.05, 0.1) is 12.3 Å². The number of amides is 1. The highest BCUT2D eigenvalue weighted by Gasteiger charge is 2.12. The molecule has 0 saturated carbocycles. The van der Waals surface area contributed by atoms with Crippen LogP contribution in [0.5, 0.6) is 0 Å². The maximum atomic E-state index is 11.3. The molecule has 2 heterocycles. The van der Waals surface area contributed by atoms with Crippen molar-refractivity contribution in [3.05, 3.63) is 22.9 Å². The average Bonchev–Trinajstić information content (AvgIpc) is 3.05. The quantitative estimate of drug-likeness (QED) is 0.766. The Bertz CT molecular complexity index is 652. The summed E-state index contributed by atoms with van der Waals surface area (Å²) in [7, 11) is 0. The molecule has 2 aromatic heterocycles. The van der Waals surface area contributed by atoms with Crippen LogP contribution in [0.15, 0.2) is 9.80 Å². The summed E-state index contributed by atoms with van der Waals surface area (Å²) in [5, 5.41) is 12.7. The summed E-state index contributed by atoms with van der Waals surface area (Å²) in [6.45, 7) is 3.49. The van der Waals surface area contributed by atoms with Crippen molar-refractivity contribution in [2.24, 2.45) is 0 Å². The average molecular weight is 324 g/mol. The van der Waals surface area contributed by atoms with E-state index in [1.54, 1.807) is 6.92 Å². The zero-order valence-electron chi connectivity index (χ0n) is 12.3. The number of hydrogen-bond acceptors (Lipinski definition) is 8. The normalized spacial score (nSPS) is 10.5. The van der Waals surface area contributed by atoms with Crippen LogP contribution in [-0.4, -0.2) is 33.7 Å². The number of anilines is 1. The third-order valence-corrected chi connectivity index (χ3v) is 3.35. The molecule has 2 rings (SSSR count). The third-order valence-electron chi connectivity index (χ3n) is 2.54. The standard InChI is InChI=1S/C13H16N4O4S/c1-3-20-12(19)6-11-17-16-10(21-11)5-4-9-7-22-13(15-9)14-8(2)18/h7H,3-6H2,1-2H3,(H,14,15,18). The van der Waals surface area contributed by atoms with Gasteiger partial charge in [-0.05, 0) is 13.3 Å².